The van der Waals surface area contributed by atoms with Crippen molar-refractivity contribution < 1.29 is 13.0 Å². The molecule has 0 bridgehead atoms. The van der Waals surface area contributed by atoms with E-state index in [0.717, 1.165) is 6.42 Å². The first-order valence-corrected chi connectivity index (χ1v) is 13.2. The molecule has 0 saturated heterocycles. The van der Waals surface area contributed by atoms with Crippen LogP contribution in [-0.4, -0.2) is 35.5 Å². The van der Waals surface area contributed by atoms with Crippen LogP contribution in [0.3, 0.4) is 0 Å². The lowest BCUT2D eigenvalue weighted by molar-refractivity contribution is 0.485. The van der Waals surface area contributed by atoms with Gasteiger partial charge in [-0.1, -0.05) is 71.1 Å². The Hall–Kier alpha value is 0.260. The maximum Gasteiger partial charge on any atom is 0.269 e. The van der Waals surface area contributed by atoms with E-state index in [2.05, 4.69) is 27.0 Å². The zero-order valence-electron chi connectivity index (χ0n) is 16.5. The van der Waals surface area contributed by atoms with Gasteiger partial charge in [0.2, 0.25) is 0 Å². The van der Waals surface area contributed by atoms with Gasteiger partial charge in [-0.3, -0.25) is 4.55 Å². The Balaban J connectivity index is 3.60. The highest BCUT2D eigenvalue weighted by atomic mass is 32.2. The number of unbranched alkanes of at least 4 members (excludes halogenated alkanes) is 10. The zero-order valence-corrected chi connectivity index (χ0v) is 18.1. The fourth-order valence-electron chi connectivity index (χ4n) is 2.90. The standard InChI is InChI=1S/C19H40O3S2/c1-5-6-7-8-9-10-11-12-13-14-15-16-19(2,3)23(4)17-18-24(20,21)22/h5-18H2,1-4H3/p+1. The largest absolute Gasteiger partial charge is 0.285 e. The van der Waals surface area contributed by atoms with Gasteiger partial charge in [0.1, 0.15) is 16.3 Å². The van der Waals surface area contributed by atoms with Crippen molar-refractivity contribution in [3.8, 4) is 0 Å². The number of hydrogen-bond donors (Lipinski definition) is 1. The smallest absolute Gasteiger partial charge is 0.269 e. The van der Waals surface area contributed by atoms with Gasteiger partial charge in [-0.05, 0) is 37.6 Å². The van der Waals surface area contributed by atoms with Crippen molar-refractivity contribution in [1.82, 2.24) is 0 Å². The molecule has 0 fully saturated rings. The number of hydrogen-bond acceptors (Lipinski definition) is 2. The van der Waals surface area contributed by atoms with E-state index in [4.69, 9.17) is 4.55 Å². The summed E-state index contributed by atoms with van der Waals surface area (Å²) in [6.45, 7) is 6.73. The van der Waals surface area contributed by atoms with Crippen molar-refractivity contribution in [3.05, 3.63) is 0 Å². The molecule has 0 saturated carbocycles. The fraction of sp³-hybridized carbons (Fsp3) is 1.00. The molecule has 0 radical (unpaired) electrons. The van der Waals surface area contributed by atoms with Crippen LogP contribution in [0.4, 0.5) is 0 Å². The van der Waals surface area contributed by atoms with Crippen molar-refractivity contribution in [2.75, 3.05) is 17.8 Å². The third-order valence-electron chi connectivity index (χ3n) is 4.97. The number of rotatable bonds is 16. The Kier molecular flexibility index (Phi) is 13.6. The molecule has 24 heavy (non-hydrogen) atoms. The molecule has 1 atom stereocenters. The molecule has 1 N–H and O–H groups in total. The first kappa shape index (κ1) is 24.3. The topological polar surface area (TPSA) is 54.4 Å². The van der Waals surface area contributed by atoms with Gasteiger partial charge in [-0.25, -0.2) is 0 Å². The second kappa shape index (κ2) is 13.5. The van der Waals surface area contributed by atoms with Crippen molar-refractivity contribution >= 4 is 21.0 Å². The second-order valence-corrected chi connectivity index (χ2v) is 12.0. The molecule has 0 aromatic rings. The van der Waals surface area contributed by atoms with Gasteiger partial charge >= 0.3 is 0 Å². The van der Waals surface area contributed by atoms with E-state index in [1.165, 1.54) is 70.6 Å². The lowest BCUT2D eigenvalue weighted by atomic mass is 10.0. The summed E-state index contributed by atoms with van der Waals surface area (Å²) in [4.78, 5) is 0. The maximum atomic E-state index is 10.9. The monoisotopic (exact) mass is 381 g/mol. The quantitative estimate of drug-likeness (QED) is 0.215. The van der Waals surface area contributed by atoms with Crippen LogP contribution in [0, 0.1) is 0 Å². The van der Waals surface area contributed by atoms with Gasteiger partial charge in [0.25, 0.3) is 10.1 Å². The van der Waals surface area contributed by atoms with Gasteiger partial charge in [-0.15, -0.1) is 0 Å². The summed E-state index contributed by atoms with van der Waals surface area (Å²) in [5.74, 6) is 0.470. The minimum Gasteiger partial charge on any atom is -0.285 e. The highest BCUT2D eigenvalue weighted by Gasteiger charge is 2.34. The molecule has 0 aromatic carbocycles. The maximum absolute atomic E-state index is 10.9. The summed E-state index contributed by atoms with van der Waals surface area (Å²) in [6, 6.07) is 0. The SMILES string of the molecule is CCCCCCCCCCCCCC(C)(C)[S+](C)CCS(=O)(=O)O. The average Bonchev–Trinajstić information content (AvgIpc) is 2.49. The molecule has 0 heterocycles. The zero-order chi connectivity index (χ0) is 18.5. The minimum atomic E-state index is -3.82. The fourth-order valence-corrected chi connectivity index (χ4v) is 5.78. The summed E-state index contributed by atoms with van der Waals surface area (Å²) in [7, 11) is -3.80. The van der Waals surface area contributed by atoms with Crippen molar-refractivity contribution in [1.29, 1.82) is 0 Å². The summed E-state index contributed by atoms with van der Waals surface area (Å²) >= 11 is 0. The first-order valence-electron chi connectivity index (χ1n) is 9.77. The summed E-state index contributed by atoms with van der Waals surface area (Å²) in [6.07, 6.45) is 18.2. The lowest BCUT2D eigenvalue weighted by Gasteiger charge is -2.23. The molecule has 146 valence electrons. The van der Waals surface area contributed by atoms with Crippen LogP contribution in [0.5, 0.6) is 0 Å². The van der Waals surface area contributed by atoms with E-state index >= 15 is 0 Å². The molecule has 0 aromatic heterocycles. The van der Waals surface area contributed by atoms with Gasteiger partial charge in [0.15, 0.2) is 0 Å². The molecule has 0 spiro atoms. The minimum absolute atomic E-state index is 0.0194. The van der Waals surface area contributed by atoms with Crippen LogP contribution in [0.25, 0.3) is 0 Å². The molecule has 0 aliphatic carbocycles. The Labute approximate surface area is 154 Å². The van der Waals surface area contributed by atoms with Crippen molar-refractivity contribution in [3.63, 3.8) is 0 Å². The first-order chi connectivity index (χ1) is 11.2. The molecule has 3 nitrogen and oxygen atoms in total. The molecule has 5 heteroatoms. The predicted octanol–water partition coefficient (Wildman–Crippen LogP) is 5.60. The third kappa shape index (κ3) is 14.6. The Morgan fingerprint density at radius 1 is 0.833 bits per heavy atom. The lowest BCUT2D eigenvalue weighted by Crippen LogP contribution is -2.35. The van der Waals surface area contributed by atoms with Gasteiger partial charge in [0.05, 0.1) is 6.26 Å². The molecule has 1 unspecified atom stereocenters. The molecule has 0 aliphatic rings. The van der Waals surface area contributed by atoms with Crippen LogP contribution in [0.2, 0.25) is 0 Å². The Morgan fingerprint density at radius 2 is 1.25 bits per heavy atom. The van der Waals surface area contributed by atoms with E-state index in [1.54, 1.807) is 0 Å². The van der Waals surface area contributed by atoms with E-state index in [1.807, 2.05) is 0 Å². The summed E-state index contributed by atoms with van der Waals surface area (Å²) < 4.78 is 30.8. The van der Waals surface area contributed by atoms with Crippen molar-refractivity contribution in [2.45, 2.75) is 103 Å². The van der Waals surface area contributed by atoms with Gasteiger partial charge in [0, 0.05) is 0 Å². The van der Waals surface area contributed by atoms with Crippen LogP contribution in [-0.2, 0) is 21.0 Å². The molecular weight excluding hydrogens is 340 g/mol. The highest BCUT2D eigenvalue weighted by molar-refractivity contribution is 7.98. The van der Waals surface area contributed by atoms with Gasteiger partial charge < -0.3 is 0 Å². The van der Waals surface area contributed by atoms with E-state index in [-0.39, 0.29) is 21.4 Å². The molecule has 0 rings (SSSR count). The second-order valence-electron chi connectivity index (χ2n) is 7.67. The van der Waals surface area contributed by atoms with Crippen molar-refractivity contribution in [2.24, 2.45) is 0 Å². The molecular formula is C19H41O3S2+. The normalized spacial score (nSPS) is 14.0. The average molecular weight is 382 g/mol. The summed E-state index contributed by atoms with van der Waals surface area (Å²) in [5, 5.41) is 0. The molecule has 0 amide bonds. The van der Waals surface area contributed by atoms with Crippen LogP contribution >= 0.6 is 0 Å². The highest BCUT2D eigenvalue weighted by Crippen LogP contribution is 2.25. The Bertz CT molecular complexity index is 391. The third-order valence-corrected chi connectivity index (χ3v) is 8.86. The molecule has 0 aliphatic heterocycles. The Morgan fingerprint density at radius 3 is 1.67 bits per heavy atom. The van der Waals surface area contributed by atoms with Crippen LogP contribution in [0.15, 0.2) is 0 Å². The van der Waals surface area contributed by atoms with Crippen LogP contribution in [0.1, 0.15) is 97.8 Å². The predicted molar refractivity (Wildman–Crippen MR) is 110 cm³/mol. The summed E-state index contributed by atoms with van der Waals surface area (Å²) in [5.41, 5.74) is 0. The van der Waals surface area contributed by atoms with E-state index in [0.29, 0.717) is 5.75 Å². The van der Waals surface area contributed by atoms with E-state index in [9.17, 15) is 8.42 Å². The van der Waals surface area contributed by atoms with Gasteiger partial charge in [-0.2, -0.15) is 8.42 Å². The van der Waals surface area contributed by atoms with Crippen LogP contribution < -0.4 is 0 Å². The van der Waals surface area contributed by atoms with E-state index < -0.39 is 10.1 Å².